The zero-order valence-electron chi connectivity index (χ0n) is 14.8. The Bertz CT molecular complexity index is 857. The summed E-state index contributed by atoms with van der Waals surface area (Å²) in [4.78, 5) is 16.1. The summed E-state index contributed by atoms with van der Waals surface area (Å²) in [7, 11) is 0. The van der Waals surface area contributed by atoms with E-state index in [1.165, 1.54) is 0 Å². The number of carbonyl (C=O) groups excluding carboxylic acids is 1. The fraction of sp³-hybridized carbons (Fsp3) is 0.550. The lowest BCUT2D eigenvalue weighted by atomic mass is 9.86. The normalized spacial score (nSPS) is 27.3. The molecule has 0 spiro atoms. The summed E-state index contributed by atoms with van der Waals surface area (Å²) >= 11 is 12.7. The third-order valence-electron chi connectivity index (χ3n) is 6.08. The second-order valence-corrected chi connectivity index (χ2v) is 8.72. The lowest BCUT2D eigenvalue weighted by Crippen LogP contribution is -2.30. The van der Waals surface area contributed by atoms with Gasteiger partial charge in [0.05, 0.1) is 22.8 Å². The number of nitrogens with zero attached hydrogens (tertiary/aromatic N) is 2. The summed E-state index contributed by atoms with van der Waals surface area (Å²) in [6.07, 6.45) is 9.10. The Kier molecular flexibility index (Phi) is 4.49. The van der Waals surface area contributed by atoms with Gasteiger partial charge in [0.25, 0.3) is 0 Å². The summed E-state index contributed by atoms with van der Waals surface area (Å²) in [5.41, 5.74) is 2.21. The van der Waals surface area contributed by atoms with Crippen LogP contribution in [0.15, 0.2) is 16.9 Å². The van der Waals surface area contributed by atoms with Crippen LogP contribution < -0.4 is 0 Å². The molecule has 2 aromatic heterocycles. The van der Waals surface area contributed by atoms with Crippen molar-refractivity contribution >= 4 is 29.0 Å². The van der Waals surface area contributed by atoms with Crippen molar-refractivity contribution in [3.8, 4) is 11.3 Å². The number of rotatable bonds is 5. The van der Waals surface area contributed by atoms with Crippen molar-refractivity contribution in [2.75, 3.05) is 0 Å². The van der Waals surface area contributed by atoms with Gasteiger partial charge < -0.3 is 9.26 Å². The second-order valence-electron chi connectivity index (χ2n) is 7.90. The summed E-state index contributed by atoms with van der Waals surface area (Å²) in [6.45, 7) is 0.401. The molecule has 5 nitrogen and oxygen atoms in total. The van der Waals surface area contributed by atoms with E-state index in [-0.39, 0.29) is 17.9 Å². The van der Waals surface area contributed by atoms with Gasteiger partial charge in [-0.1, -0.05) is 28.4 Å². The SMILES string of the molecule is O=C1C2CC[C@H]1C[C@@H](OCc1c(-c3c(Cl)cncc3Cl)noc1C1CC1)C2. The van der Waals surface area contributed by atoms with Gasteiger partial charge in [-0.2, -0.15) is 0 Å². The average Bonchev–Trinajstić information content (AvgIpc) is 3.38. The molecule has 3 aliphatic rings. The summed E-state index contributed by atoms with van der Waals surface area (Å²) in [5, 5.41) is 5.17. The molecule has 1 unspecified atom stereocenters. The summed E-state index contributed by atoms with van der Waals surface area (Å²) in [6, 6.07) is 0. The molecule has 0 saturated heterocycles. The van der Waals surface area contributed by atoms with Crippen LogP contribution in [0.2, 0.25) is 10.0 Å². The molecule has 5 rings (SSSR count). The molecule has 2 heterocycles. The van der Waals surface area contributed by atoms with Crippen molar-refractivity contribution in [2.45, 2.75) is 57.2 Å². The minimum Gasteiger partial charge on any atom is -0.373 e. The first-order valence-electron chi connectivity index (χ1n) is 9.55. The van der Waals surface area contributed by atoms with Gasteiger partial charge in [0.2, 0.25) is 0 Å². The van der Waals surface area contributed by atoms with Gasteiger partial charge in [-0.25, -0.2) is 0 Å². The number of hydrogen-bond acceptors (Lipinski definition) is 5. The van der Waals surface area contributed by atoms with Gasteiger partial charge in [-0.3, -0.25) is 9.78 Å². The van der Waals surface area contributed by atoms with Gasteiger partial charge in [0, 0.05) is 41.3 Å². The molecule has 27 heavy (non-hydrogen) atoms. The number of ketones is 1. The van der Waals surface area contributed by atoms with Crippen LogP contribution >= 0.6 is 23.2 Å². The Morgan fingerprint density at radius 2 is 1.67 bits per heavy atom. The van der Waals surface area contributed by atoms with Crippen LogP contribution in [-0.2, 0) is 16.1 Å². The number of halogens is 2. The van der Waals surface area contributed by atoms with E-state index in [1.807, 2.05) is 0 Å². The lowest BCUT2D eigenvalue weighted by molar-refractivity contribution is -0.130. The van der Waals surface area contributed by atoms with E-state index in [0.29, 0.717) is 39.6 Å². The Balaban J connectivity index is 1.42. The molecule has 0 aromatic carbocycles. The summed E-state index contributed by atoms with van der Waals surface area (Å²) in [5.74, 6) is 2.08. The fourth-order valence-electron chi connectivity index (χ4n) is 4.52. The van der Waals surface area contributed by atoms with Gasteiger partial charge in [-0.15, -0.1) is 0 Å². The van der Waals surface area contributed by atoms with E-state index in [4.69, 9.17) is 32.5 Å². The van der Waals surface area contributed by atoms with Gasteiger partial charge >= 0.3 is 0 Å². The van der Waals surface area contributed by atoms with E-state index < -0.39 is 0 Å². The zero-order chi connectivity index (χ0) is 18.5. The molecule has 3 atom stereocenters. The number of aromatic nitrogens is 2. The number of ether oxygens (including phenoxy) is 1. The predicted molar refractivity (Wildman–Crippen MR) is 101 cm³/mol. The quantitative estimate of drug-likeness (QED) is 0.682. The van der Waals surface area contributed by atoms with Gasteiger partial charge in [-0.05, 0) is 38.5 Å². The molecule has 0 radical (unpaired) electrons. The molecule has 7 heteroatoms. The van der Waals surface area contributed by atoms with E-state index in [1.54, 1.807) is 12.4 Å². The third kappa shape index (κ3) is 3.20. The molecule has 0 N–H and O–H groups in total. The standard InChI is InChI=1S/C20H20Cl2N2O3/c21-15-7-23-8-16(22)17(15)18-14(20(27-24-18)10-1-2-10)9-26-13-5-11-3-4-12(6-13)19(11)25/h7-8,10-13H,1-6,9H2/t11-,12?,13+/m0/s1. The first kappa shape index (κ1) is 17.7. The molecule has 3 saturated carbocycles. The monoisotopic (exact) mass is 406 g/mol. The van der Waals surface area contributed by atoms with E-state index in [0.717, 1.165) is 49.8 Å². The maximum atomic E-state index is 12.1. The Morgan fingerprint density at radius 3 is 2.30 bits per heavy atom. The maximum Gasteiger partial charge on any atom is 0.145 e. The second kappa shape index (κ2) is 6.87. The van der Waals surface area contributed by atoms with Crippen LogP contribution in [0.4, 0.5) is 0 Å². The highest BCUT2D eigenvalue weighted by Crippen LogP contribution is 2.46. The Labute approximate surface area is 167 Å². The number of Topliss-reactive ketones (excluding diaryl/α,β-unsaturated/α-hetero) is 1. The first-order chi connectivity index (χ1) is 13.1. The highest BCUT2D eigenvalue weighted by Gasteiger charge is 2.42. The van der Waals surface area contributed by atoms with Crippen LogP contribution in [-0.4, -0.2) is 22.0 Å². The summed E-state index contributed by atoms with van der Waals surface area (Å²) < 4.78 is 11.9. The highest BCUT2D eigenvalue weighted by atomic mass is 35.5. The molecule has 142 valence electrons. The molecule has 3 fully saturated rings. The average molecular weight is 407 g/mol. The number of pyridine rings is 1. The number of fused-ring (bicyclic) bond motifs is 2. The minimum atomic E-state index is 0.110. The van der Waals surface area contributed by atoms with Crippen LogP contribution in [0, 0.1) is 11.8 Å². The minimum absolute atomic E-state index is 0.110. The number of carbonyl (C=O) groups is 1. The van der Waals surface area contributed by atoms with Crippen molar-refractivity contribution < 1.29 is 14.1 Å². The smallest absolute Gasteiger partial charge is 0.145 e. The zero-order valence-corrected chi connectivity index (χ0v) is 16.3. The van der Waals surface area contributed by atoms with E-state index in [9.17, 15) is 4.79 Å². The lowest BCUT2D eigenvalue weighted by Gasteiger charge is -2.26. The molecule has 2 bridgehead atoms. The topological polar surface area (TPSA) is 65.2 Å². The maximum absolute atomic E-state index is 12.1. The van der Waals surface area contributed by atoms with E-state index in [2.05, 4.69) is 10.1 Å². The Morgan fingerprint density at radius 1 is 1.04 bits per heavy atom. The fourth-order valence-corrected chi connectivity index (χ4v) is 5.06. The first-order valence-corrected chi connectivity index (χ1v) is 10.3. The Hall–Kier alpha value is -1.43. The number of hydrogen-bond donors (Lipinski definition) is 0. The molecular formula is C20H20Cl2N2O3. The molecule has 0 aliphatic heterocycles. The van der Waals surface area contributed by atoms with Crippen molar-refractivity contribution in [3.63, 3.8) is 0 Å². The molecular weight excluding hydrogens is 387 g/mol. The predicted octanol–water partition coefficient (Wildman–Crippen LogP) is 5.20. The van der Waals surface area contributed by atoms with Gasteiger partial charge in [0.1, 0.15) is 17.2 Å². The van der Waals surface area contributed by atoms with Gasteiger partial charge in [0.15, 0.2) is 0 Å². The van der Waals surface area contributed by atoms with Crippen LogP contribution in [0.1, 0.15) is 55.8 Å². The van der Waals surface area contributed by atoms with E-state index >= 15 is 0 Å². The van der Waals surface area contributed by atoms with Crippen molar-refractivity contribution in [2.24, 2.45) is 11.8 Å². The van der Waals surface area contributed by atoms with Crippen LogP contribution in [0.5, 0.6) is 0 Å². The van der Waals surface area contributed by atoms with Crippen molar-refractivity contribution in [1.82, 2.24) is 10.1 Å². The van der Waals surface area contributed by atoms with Crippen LogP contribution in [0.3, 0.4) is 0 Å². The molecule has 3 aliphatic carbocycles. The largest absolute Gasteiger partial charge is 0.373 e. The van der Waals surface area contributed by atoms with Crippen molar-refractivity contribution in [3.05, 3.63) is 33.8 Å². The van der Waals surface area contributed by atoms with Crippen molar-refractivity contribution in [1.29, 1.82) is 0 Å². The molecule has 0 amide bonds. The third-order valence-corrected chi connectivity index (χ3v) is 6.66. The molecule has 2 aromatic rings. The van der Waals surface area contributed by atoms with Crippen LogP contribution in [0.25, 0.3) is 11.3 Å². The highest BCUT2D eigenvalue weighted by molar-refractivity contribution is 6.38.